The number of rotatable bonds is 12. The Morgan fingerprint density at radius 2 is 1.79 bits per heavy atom. The summed E-state index contributed by atoms with van der Waals surface area (Å²) in [6.07, 6.45) is 12.0. The largest absolute Gasteiger partial charge is 0.481 e. The maximum absolute atomic E-state index is 11.6. The van der Waals surface area contributed by atoms with Crippen molar-refractivity contribution < 1.29 is 14.6 Å². The number of allylic oxidation sites excluding steroid dienone is 1. The van der Waals surface area contributed by atoms with E-state index in [4.69, 9.17) is 4.74 Å². The zero-order valence-corrected chi connectivity index (χ0v) is 12.8. The number of carbonyl (C=O) groups is 1. The lowest BCUT2D eigenvalue weighted by molar-refractivity contribution is -0.147. The molecule has 1 atom stereocenters. The first-order valence-corrected chi connectivity index (χ1v) is 7.49. The third kappa shape index (κ3) is 7.36. The summed E-state index contributed by atoms with van der Waals surface area (Å²) in [6, 6.07) is 0. The monoisotopic (exact) mass is 270 g/mol. The van der Waals surface area contributed by atoms with Gasteiger partial charge in [-0.2, -0.15) is 0 Å². The molecule has 112 valence electrons. The number of aliphatic carboxylic acids is 1. The number of hydrogen-bond acceptors (Lipinski definition) is 2. The van der Waals surface area contributed by atoms with E-state index in [2.05, 4.69) is 6.92 Å². The van der Waals surface area contributed by atoms with Crippen LogP contribution in [0.3, 0.4) is 0 Å². The van der Waals surface area contributed by atoms with Gasteiger partial charge in [-0.25, -0.2) is 0 Å². The molecule has 0 spiro atoms. The molecule has 0 aliphatic carbocycles. The summed E-state index contributed by atoms with van der Waals surface area (Å²) in [5.74, 6) is -0.726. The van der Waals surface area contributed by atoms with Gasteiger partial charge in [0.05, 0.1) is 5.41 Å². The zero-order valence-electron chi connectivity index (χ0n) is 12.8. The van der Waals surface area contributed by atoms with E-state index >= 15 is 0 Å². The average Bonchev–Trinajstić information content (AvgIpc) is 2.39. The molecule has 0 aromatic rings. The summed E-state index contributed by atoms with van der Waals surface area (Å²) in [5.41, 5.74) is -0.741. The molecule has 0 aromatic heterocycles. The lowest BCUT2D eigenvalue weighted by Crippen LogP contribution is -2.30. The molecule has 0 bridgehead atoms. The third-order valence-corrected chi connectivity index (χ3v) is 3.64. The Morgan fingerprint density at radius 1 is 1.16 bits per heavy atom. The van der Waals surface area contributed by atoms with Gasteiger partial charge in [-0.15, -0.1) is 0 Å². The fourth-order valence-corrected chi connectivity index (χ4v) is 2.40. The predicted molar refractivity (Wildman–Crippen MR) is 79.4 cm³/mol. The maximum atomic E-state index is 11.6. The first-order chi connectivity index (χ1) is 9.13. The van der Waals surface area contributed by atoms with Crippen molar-refractivity contribution in [3.8, 4) is 0 Å². The second kappa shape index (κ2) is 11.0. The van der Waals surface area contributed by atoms with Crippen LogP contribution in [0.1, 0.15) is 65.2 Å². The molecule has 0 amide bonds. The van der Waals surface area contributed by atoms with Crippen LogP contribution < -0.4 is 0 Å². The highest BCUT2D eigenvalue weighted by molar-refractivity contribution is 5.77. The minimum absolute atomic E-state index is 0.493. The van der Waals surface area contributed by atoms with E-state index in [1.54, 1.807) is 7.11 Å². The Morgan fingerprint density at radius 3 is 2.32 bits per heavy atom. The molecule has 0 rings (SSSR count). The van der Waals surface area contributed by atoms with E-state index in [0.717, 1.165) is 12.8 Å². The topological polar surface area (TPSA) is 46.5 Å². The minimum atomic E-state index is -0.741. The quantitative estimate of drug-likeness (QED) is 0.422. The number of unbranched alkanes of at least 4 members (excludes halogenated alkanes) is 5. The van der Waals surface area contributed by atoms with Crippen molar-refractivity contribution in [3.05, 3.63) is 12.2 Å². The molecule has 0 saturated carbocycles. The lowest BCUT2D eigenvalue weighted by Gasteiger charge is -2.25. The number of carboxylic acid groups (broad SMARTS) is 1. The van der Waals surface area contributed by atoms with Crippen LogP contribution in [0.4, 0.5) is 0 Å². The zero-order chi connectivity index (χ0) is 14.6. The third-order valence-electron chi connectivity index (χ3n) is 3.64. The molecule has 1 N–H and O–H groups in total. The maximum Gasteiger partial charge on any atom is 0.313 e. The van der Waals surface area contributed by atoms with E-state index in [-0.39, 0.29) is 0 Å². The molecule has 0 saturated heterocycles. The molecule has 0 fully saturated rings. The van der Waals surface area contributed by atoms with Crippen LogP contribution in [0.5, 0.6) is 0 Å². The highest BCUT2D eigenvalue weighted by Gasteiger charge is 2.34. The number of carboxylic acids is 1. The molecule has 0 aliphatic heterocycles. The van der Waals surface area contributed by atoms with E-state index in [0.29, 0.717) is 19.4 Å². The van der Waals surface area contributed by atoms with Gasteiger partial charge in [-0.05, 0) is 19.8 Å². The van der Waals surface area contributed by atoms with E-state index in [1.807, 2.05) is 19.1 Å². The van der Waals surface area contributed by atoms with Gasteiger partial charge in [-0.1, -0.05) is 57.6 Å². The van der Waals surface area contributed by atoms with Crippen LogP contribution in [-0.2, 0) is 9.53 Å². The Kier molecular flexibility index (Phi) is 10.6. The number of ether oxygens (including phenoxy) is 1. The average molecular weight is 270 g/mol. The molecule has 3 heteroatoms. The summed E-state index contributed by atoms with van der Waals surface area (Å²) in [5, 5.41) is 9.52. The van der Waals surface area contributed by atoms with Gasteiger partial charge in [0.25, 0.3) is 0 Å². The Balaban J connectivity index is 4.28. The van der Waals surface area contributed by atoms with E-state index < -0.39 is 11.4 Å². The van der Waals surface area contributed by atoms with Gasteiger partial charge in [0.2, 0.25) is 0 Å². The number of hydrogen-bond donors (Lipinski definition) is 1. The minimum Gasteiger partial charge on any atom is -0.481 e. The molecule has 0 radical (unpaired) electrons. The summed E-state index contributed by atoms with van der Waals surface area (Å²) < 4.78 is 5.06. The van der Waals surface area contributed by atoms with Gasteiger partial charge in [0, 0.05) is 13.7 Å². The summed E-state index contributed by atoms with van der Waals surface area (Å²) >= 11 is 0. The van der Waals surface area contributed by atoms with E-state index in [1.165, 1.54) is 25.7 Å². The Labute approximate surface area is 118 Å². The first kappa shape index (κ1) is 18.2. The van der Waals surface area contributed by atoms with Crippen molar-refractivity contribution in [3.63, 3.8) is 0 Å². The molecule has 0 aromatic carbocycles. The van der Waals surface area contributed by atoms with E-state index in [9.17, 15) is 9.90 Å². The summed E-state index contributed by atoms with van der Waals surface area (Å²) in [7, 11) is 1.62. The van der Waals surface area contributed by atoms with Crippen molar-refractivity contribution in [1.29, 1.82) is 0 Å². The van der Waals surface area contributed by atoms with Crippen molar-refractivity contribution in [2.75, 3.05) is 13.7 Å². The Hall–Kier alpha value is -0.830. The summed E-state index contributed by atoms with van der Waals surface area (Å²) in [4.78, 5) is 11.6. The normalized spacial score (nSPS) is 14.7. The van der Waals surface area contributed by atoms with Crippen LogP contribution in [0, 0.1) is 5.41 Å². The van der Waals surface area contributed by atoms with Gasteiger partial charge >= 0.3 is 5.97 Å². The molecule has 0 heterocycles. The van der Waals surface area contributed by atoms with Crippen molar-refractivity contribution in [2.45, 2.75) is 65.2 Å². The van der Waals surface area contributed by atoms with Crippen LogP contribution >= 0.6 is 0 Å². The second-order valence-electron chi connectivity index (χ2n) is 5.22. The van der Waals surface area contributed by atoms with Gasteiger partial charge in [0.1, 0.15) is 0 Å². The van der Waals surface area contributed by atoms with Gasteiger partial charge in [-0.3, -0.25) is 4.79 Å². The smallest absolute Gasteiger partial charge is 0.313 e. The van der Waals surface area contributed by atoms with Crippen molar-refractivity contribution in [2.24, 2.45) is 5.41 Å². The van der Waals surface area contributed by atoms with Gasteiger partial charge < -0.3 is 9.84 Å². The standard InChI is InChI=1S/C16H30O3/c1-4-6-7-8-9-10-12-16(11-5-2,15(17)18)13-14-19-3/h5,11H,4,6-10,12-14H2,1-3H3,(H,17,18). The molecule has 19 heavy (non-hydrogen) atoms. The second-order valence-corrected chi connectivity index (χ2v) is 5.22. The highest BCUT2D eigenvalue weighted by Crippen LogP contribution is 2.32. The molecular formula is C16H30O3. The van der Waals surface area contributed by atoms with Crippen molar-refractivity contribution in [1.82, 2.24) is 0 Å². The summed E-state index contributed by atoms with van der Waals surface area (Å²) in [6.45, 7) is 4.57. The molecule has 3 nitrogen and oxygen atoms in total. The molecule has 0 aliphatic rings. The first-order valence-electron chi connectivity index (χ1n) is 7.49. The van der Waals surface area contributed by atoms with Crippen LogP contribution in [0.25, 0.3) is 0 Å². The number of methoxy groups -OCH3 is 1. The van der Waals surface area contributed by atoms with Crippen LogP contribution in [-0.4, -0.2) is 24.8 Å². The van der Waals surface area contributed by atoms with Crippen LogP contribution in [0.2, 0.25) is 0 Å². The fourth-order valence-electron chi connectivity index (χ4n) is 2.40. The molecular weight excluding hydrogens is 240 g/mol. The lowest BCUT2D eigenvalue weighted by atomic mass is 9.79. The Bertz CT molecular complexity index is 261. The fraction of sp³-hybridized carbons (Fsp3) is 0.812. The molecule has 1 unspecified atom stereocenters. The predicted octanol–water partition coefficient (Wildman–Crippen LogP) is 4.42. The van der Waals surface area contributed by atoms with Gasteiger partial charge in [0.15, 0.2) is 0 Å². The van der Waals surface area contributed by atoms with Crippen LogP contribution in [0.15, 0.2) is 12.2 Å². The highest BCUT2D eigenvalue weighted by atomic mass is 16.5. The SMILES string of the molecule is CC=CC(CCCCCCCC)(CCOC)C(=O)O. The van der Waals surface area contributed by atoms with Crippen molar-refractivity contribution >= 4 is 5.97 Å².